The van der Waals surface area contributed by atoms with Crippen molar-refractivity contribution in [3.63, 3.8) is 0 Å². The van der Waals surface area contributed by atoms with Gasteiger partial charge in [-0.05, 0) is 36.4 Å². The molecule has 0 bridgehead atoms. The zero-order valence-electron chi connectivity index (χ0n) is 9.95. The van der Waals surface area contributed by atoms with Crippen molar-refractivity contribution >= 4 is 0 Å². The molecular weight excluding hydrogens is 242 g/mol. The normalized spacial score (nSPS) is 10.5. The largest absolute Gasteiger partial charge is 0.508 e. The number of aromatic nitrogens is 1. The van der Waals surface area contributed by atoms with Gasteiger partial charge < -0.3 is 14.7 Å². The molecular formula is C15H11NO3. The molecule has 0 aliphatic carbocycles. The number of hydrogen-bond acceptors (Lipinski definition) is 4. The molecule has 3 aromatic rings. The first kappa shape index (κ1) is 11.3. The standard InChI is InChI=1S/C15H11NO3/c17-11-7-5-10(6-8-11)13-9-15(19-16-13)12-3-1-2-4-14(12)18/h1-9,17-18H. The van der Waals surface area contributed by atoms with Crippen LogP contribution in [0, 0.1) is 0 Å². The number of rotatable bonds is 2. The molecule has 0 atom stereocenters. The third kappa shape index (κ3) is 2.15. The Morgan fingerprint density at radius 2 is 1.63 bits per heavy atom. The first-order valence-electron chi connectivity index (χ1n) is 5.78. The lowest BCUT2D eigenvalue weighted by molar-refractivity contribution is 0.428. The van der Waals surface area contributed by atoms with E-state index in [1.807, 2.05) is 6.07 Å². The summed E-state index contributed by atoms with van der Waals surface area (Å²) >= 11 is 0. The smallest absolute Gasteiger partial charge is 0.171 e. The van der Waals surface area contributed by atoms with Crippen molar-refractivity contribution in [1.29, 1.82) is 0 Å². The molecule has 3 rings (SSSR count). The van der Waals surface area contributed by atoms with Crippen LogP contribution in [0.3, 0.4) is 0 Å². The van der Waals surface area contributed by atoms with Gasteiger partial charge in [0, 0.05) is 11.6 Å². The van der Waals surface area contributed by atoms with Gasteiger partial charge in [-0.2, -0.15) is 0 Å². The number of phenolic OH excluding ortho intramolecular Hbond substituents is 2. The fourth-order valence-electron chi connectivity index (χ4n) is 1.85. The maximum absolute atomic E-state index is 9.76. The number of phenols is 2. The Kier molecular flexibility index (Phi) is 2.68. The van der Waals surface area contributed by atoms with Crippen molar-refractivity contribution in [2.24, 2.45) is 0 Å². The highest BCUT2D eigenvalue weighted by Crippen LogP contribution is 2.31. The van der Waals surface area contributed by atoms with Crippen molar-refractivity contribution in [1.82, 2.24) is 5.16 Å². The van der Waals surface area contributed by atoms with E-state index in [1.54, 1.807) is 48.5 Å². The summed E-state index contributed by atoms with van der Waals surface area (Å²) in [5, 5.41) is 23.0. The minimum absolute atomic E-state index is 0.149. The van der Waals surface area contributed by atoms with Crippen molar-refractivity contribution in [3.05, 3.63) is 54.6 Å². The molecule has 1 aromatic heterocycles. The van der Waals surface area contributed by atoms with Crippen LogP contribution in [-0.2, 0) is 0 Å². The zero-order chi connectivity index (χ0) is 13.2. The third-order valence-electron chi connectivity index (χ3n) is 2.84. The molecule has 2 N–H and O–H groups in total. The molecule has 0 unspecified atom stereocenters. The van der Waals surface area contributed by atoms with Crippen LogP contribution in [0.25, 0.3) is 22.6 Å². The van der Waals surface area contributed by atoms with E-state index >= 15 is 0 Å². The van der Waals surface area contributed by atoms with E-state index in [1.165, 1.54) is 0 Å². The van der Waals surface area contributed by atoms with Crippen LogP contribution in [0.2, 0.25) is 0 Å². The summed E-state index contributed by atoms with van der Waals surface area (Å²) in [4.78, 5) is 0. The molecule has 0 aliphatic heterocycles. The van der Waals surface area contributed by atoms with E-state index in [0.717, 1.165) is 5.56 Å². The second kappa shape index (κ2) is 4.49. The van der Waals surface area contributed by atoms with Gasteiger partial charge in [-0.25, -0.2) is 0 Å². The van der Waals surface area contributed by atoms with Crippen molar-refractivity contribution in [3.8, 4) is 34.1 Å². The number of para-hydroxylation sites is 1. The van der Waals surface area contributed by atoms with Gasteiger partial charge in [0.25, 0.3) is 0 Å². The molecule has 0 aliphatic rings. The van der Waals surface area contributed by atoms with E-state index in [0.29, 0.717) is 17.0 Å². The van der Waals surface area contributed by atoms with Gasteiger partial charge in [0.2, 0.25) is 0 Å². The molecule has 2 aromatic carbocycles. The second-order valence-electron chi connectivity index (χ2n) is 4.14. The summed E-state index contributed by atoms with van der Waals surface area (Å²) < 4.78 is 5.24. The van der Waals surface area contributed by atoms with Crippen molar-refractivity contribution in [2.75, 3.05) is 0 Å². The van der Waals surface area contributed by atoms with Crippen LogP contribution in [0.4, 0.5) is 0 Å². The molecule has 0 fully saturated rings. The van der Waals surface area contributed by atoms with Crippen molar-refractivity contribution < 1.29 is 14.7 Å². The molecule has 0 saturated carbocycles. The minimum Gasteiger partial charge on any atom is -0.508 e. The highest BCUT2D eigenvalue weighted by atomic mass is 16.5. The van der Waals surface area contributed by atoms with E-state index in [4.69, 9.17) is 4.52 Å². The molecule has 0 saturated heterocycles. The maximum Gasteiger partial charge on any atom is 0.171 e. The molecule has 0 spiro atoms. The van der Waals surface area contributed by atoms with Crippen LogP contribution in [-0.4, -0.2) is 15.4 Å². The van der Waals surface area contributed by atoms with Crippen LogP contribution < -0.4 is 0 Å². The van der Waals surface area contributed by atoms with Crippen LogP contribution in [0.15, 0.2) is 59.1 Å². The van der Waals surface area contributed by atoms with E-state index in [9.17, 15) is 10.2 Å². The molecule has 0 radical (unpaired) electrons. The summed E-state index contributed by atoms with van der Waals surface area (Å²) in [6.45, 7) is 0. The van der Waals surface area contributed by atoms with Crippen LogP contribution in [0.1, 0.15) is 0 Å². The number of benzene rings is 2. The minimum atomic E-state index is 0.149. The Morgan fingerprint density at radius 1 is 0.895 bits per heavy atom. The molecule has 4 heteroatoms. The Hall–Kier alpha value is -2.75. The Morgan fingerprint density at radius 3 is 2.37 bits per heavy atom. The fraction of sp³-hybridized carbons (Fsp3) is 0. The average molecular weight is 253 g/mol. The Labute approximate surface area is 109 Å². The first-order chi connectivity index (χ1) is 9.24. The number of hydrogen-bond donors (Lipinski definition) is 2. The maximum atomic E-state index is 9.76. The summed E-state index contributed by atoms with van der Waals surface area (Å²) in [5.41, 5.74) is 2.08. The van der Waals surface area contributed by atoms with E-state index in [-0.39, 0.29) is 11.5 Å². The molecule has 19 heavy (non-hydrogen) atoms. The average Bonchev–Trinajstić information content (AvgIpc) is 2.89. The predicted molar refractivity (Wildman–Crippen MR) is 70.7 cm³/mol. The van der Waals surface area contributed by atoms with Crippen molar-refractivity contribution in [2.45, 2.75) is 0 Å². The second-order valence-corrected chi connectivity index (χ2v) is 4.14. The van der Waals surface area contributed by atoms with Crippen LogP contribution in [0.5, 0.6) is 11.5 Å². The van der Waals surface area contributed by atoms with E-state index in [2.05, 4.69) is 5.16 Å². The highest BCUT2D eigenvalue weighted by molar-refractivity contribution is 5.70. The monoisotopic (exact) mass is 253 g/mol. The van der Waals surface area contributed by atoms with E-state index < -0.39 is 0 Å². The molecule has 4 nitrogen and oxygen atoms in total. The highest BCUT2D eigenvalue weighted by Gasteiger charge is 2.11. The zero-order valence-corrected chi connectivity index (χ0v) is 9.95. The van der Waals surface area contributed by atoms with Gasteiger partial charge in [-0.1, -0.05) is 17.3 Å². The van der Waals surface area contributed by atoms with Gasteiger partial charge in [0.1, 0.15) is 17.2 Å². The van der Waals surface area contributed by atoms with Gasteiger partial charge in [-0.15, -0.1) is 0 Å². The predicted octanol–water partition coefficient (Wildman–Crippen LogP) is 3.42. The summed E-state index contributed by atoms with van der Waals surface area (Å²) in [6, 6.07) is 15.3. The quantitative estimate of drug-likeness (QED) is 0.734. The Balaban J connectivity index is 2.00. The lowest BCUT2D eigenvalue weighted by Gasteiger charge is -1.97. The molecule has 94 valence electrons. The van der Waals surface area contributed by atoms with Gasteiger partial charge >= 0.3 is 0 Å². The lowest BCUT2D eigenvalue weighted by Crippen LogP contribution is -1.75. The number of nitrogens with zero attached hydrogens (tertiary/aromatic N) is 1. The molecule has 0 amide bonds. The third-order valence-corrected chi connectivity index (χ3v) is 2.84. The van der Waals surface area contributed by atoms with Crippen LogP contribution >= 0.6 is 0 Å². The summed E-state index contributed by atoms with van der Waals surface area (Å²) in [5.74, 6) is 0.852. The fourth-order valence-corrected chi connectivity index (χ4v) is 1.85. The lowest BCUT2D eigenvalue weighted by atomic mass is 10.1. The van der Waals surface area contributed by atoms with Gasteiger partial charge in [0.05, 0.1) is 5.56 Å². The summed E-state index contributed by atoms with van der Waals surface area (Å²) in [7, 11) is 0. The van der Waals surface area contributed by atoms with Gasteiger partial charge in [0.15, 0.2) is 5.76 Å². The molecule has 1 heterocycles. The number of aromatic hydroxyl groups is 2. The SMILES string of the molecule is Oc1ccc(-c2cc(-c3ccccc3O)on2)cc1. The summed E-state index contributed by atoms with van der Waals surface area (Å²) in [6.07, 6.45) is 0. The topological polar surface area (TPSA) is 66.5 Å². The van der Waals surface area contributed by atoms with Gasteiger partial charge in [-0.3, -0.25) is 0 Å². The first-order valence-corrected chi connectivity index (χ1v) is 5.78. The Bertz CT molecular complexity index is 701.